The number of hydrogen-bond acceptors (Lipinski definition) is 2. The van der Waals surface area contributed by atoms with Gasteiger partial charge in [-0.05, 0) is 50.3 Å². The van der Waals surface area contributed by atoms with Crippen LogP contribution in [-0.4, -0.2) is 23.5 Å². The van der Waals surface area contributed by atoms with Gasteiger partial charge in [0.15, 0.2) is 0 Å². The van der Waals surface area contributed by atoms with E-state index in [1.807, 2.05) is 13.8 Å². The first-order valence-corrected chi connectivity index (χ1v) is 6.42. The molecule has 0 aliphatic rings. The molecule has 0 radical (unpaired) electrons. The van der Waals surface area contributed by atoms with Crippen LogP contribution in [0.1, 0.15) is 35.1 Å². The smallest absolute Gasteiger partial charge is 0.303 e. The van der Waals surface area contributed by atoms with Crippen molar-refractivity contribution in [2.24, 2.45) is 0 Å². The molecule has 1 rings (SSSR count). The van der Waals surface area contributed by atoms with Crippen molar-refractivity contribution in [2.75, 3.05) is 0 Å². The molecule has 0 saturated heterocycles. The van der Waals surface area contributed by atoms with Crippen molar-refractivity contribution < 1.29 is 14.7 Å². The number of carbonyl (C=O) groups excluding carboxylic acids is 1. The van der Waals surface area contributed by atoms with Gasteiger partial charge in [0, 0.05) is 12.5 Å². The Kier molecular flexibility index (Phi) is 5.55. The lowest BCUT2D eigenvalue weighted by Crippen LogP contribution is -2.31. The largest absolute Gasteiger partial charge is 0.481 e. The molecule has 0 bridgehead atoms. The van der Waals surface area contributed by atoms with Gasteiger partial charge in [-0.3, -0.25) is 9.59 Å². The van der Waals surface area contributed by atoms with Crippen molar-refractivity contribution >= 4 is 12.4 Å². The summed E-state index contributed by atoms with van der Waals surface area (Å²) in [5.41, 5.74) is 4.77. The van der Waals surface area contributed by atoms with E-state index in [9.17, 15) is 9.59 Å². The topological polar surface area (TPSA) is 66.4 Å². The first-order valence-electron chi connectivity index (χ1n) is 6.42. The number of carboxylic acids is 1. The molecule has 19 heavy (non-hydrogen) atoms. The Hall–Kier alpha value is -1.84. The van der Waals surface area contributed by atoms with Crippen LogP contribution in [-0.2, 0) is 16.0 Å². The Morgan fingerprint density at radius 1 is 1.32 bits per heavy atom. The molecule has 1 amide bonds. The van der Waals surface area contributed by atoms with Crippen LogP contribution in [0.15, 0.2) is 12.1 Å². The lowest BCUT2D eigenvalue weighted by molar-refractivity contribution is -0.137. The minimum Gasteiger partial charge on any atom is -0.481 e. The second-order valence-corrected chi connectivity index (χ2v) is 5.00. The summed E-state index contributed by atoms with van der Waals surface area (Å²) in [6.07, 6.45) is 1.83. The first kappa shape index (κ1) is 15.2. The molecule has 0 aromatic heterocycles. The van der Waals surface area contributed by atoms with Crippen LogP contribution in [0.3, 0.4) is 0 Å². The Balaban J connectivity index is 2.83. The summed E-state index contributed by atoms with van der Waals surface area (Å²) in [5.74, 6) is -0.838. The zero-order chi connectivity index (χ0) is 14.4. The molecule has 1 atom stereocenters. The summed E-state index contributed by atoms with van der Waals surface area (Å²) >= 11 is 0. The zero-order valence-electron chi connectivity index (χ0n) is 11.7. The summed E-state index contributed by atoms with van der Waals surface area (Å²) in [6, 6.07) is 4.09. The molecule has 0 aliphatic heterocycles. The summed E-state index contributed by atoms with van der Waals surface area (Å²) in [4.78, 5) is 21.2. The predicted molar refractivity (Wildman–Crippen MR) is 74.2 cm³/mol. The predicted octanol–water partition coefficient (Wildman–Crippen LogP) is 2.13. The van der Waals surface area contributed by atoms with E-state index in [2.05, 4.69) is 24.4 Å². The second kappa shape index (κ2) is 6.92. The summed E-state index contributed by atoms with van der Waals surface area (Å²) in [6.45, 7) is 6.14. The molecule has 0 aliphatic carbocycles. The van der Waals surface area contributed by atoms with Crippen molar-refractivity contribution in [1.29, 1.82) is 0 Å². The van der Waals surface area contributed by atoms with E-state index in [1.54, 1.807) is 0 Å². The molecular weight excluding hydrogens is 242 g/mol. The average Bonchev–Trinajstić information content (AvgIpc) is 2.30. The summed E-state index contributed by atoms with van der Waals surface area (Å²) < 4.78 is 0. The molecule has 1 aromatic carbocycles. The van der Waals surface area contributed by atoms with Gasteiger partial charge in [-0.15, -0.1) is 0 Å². The van der Waals surface area contributed by atoms with Crippen LogP contribution in [0.2, 0.25) is 0 Å². The highest BCUT2D eigenvalue weighted by Gasteiger charge is 2.14. The number of carboxylic acid groups (broad SMARTS) is 1. The molecule has 4 nitrogen and oxygen atoms in total. The molecular formula is C15H21NO3. The van der Waals surface area contributed by atoms with Crippen LogP contribution in [0, 0.1) is 20.8 Å². The van der Waals surface area contributed by atoms with Gasteiger partial charge in [0.25, 0.3) is 0 Å². The van der Waals surface area contributed by atoms with Crippen molar-refractivity contribution in [3.63, 3.8) is 0 Å². The molecule has 104 valence electrons. The van der Waals surface area contributed by atoms with Crippen LogP contribution >= 0.6 is 0 Å². The first-order chi connectivity index (χ1) is 8.93. The number of rotatable bonds is 7. The van der Waals surface area contributed by atoms with Crippen molar-refractivity contribution in [3.05, 3.63) is 34.4 Å². The molecule has 0 fully saturated rings. The monoisotopic (exact) mass is 263 g/mol. The van der Waals surface area contributed by atoms with Gasteiger partial charge in [0.2, 0.25) is 6.41 Å². The maximum Gasteiger partial charge on any atom is 0.303 e. The standard InChI is InChI=1S/C15H21NO3/c1-10-6-11(2)14(12(3)7-10)8-13(16-9-17)4-5-15(18)19/h6-7,9,13H,4-5,8H2,1-3H3,(H,16,17)(H,18,19). The van der Waals surface area contributed by atoms with E-state index in [1.165, 1.54) is 22.3 Å². The maximum absolute atomic E-state index is 10.6. The lowest BCUT2D eigenvalue weighted by Gasteiger charge is -2.19. The molecule has 1 aromatic rings. The highest BCUT2D eigenvalue weighted by atomic mass is 16.4. The number of nitrogens with one attached hydrogen (secondary N) is 1. The Morgan fingerprint density at radius 3 is 2.37 bits per heavy atom. The number of benzene rings is 1. The van der Waals surface area contributed by atoms with Crippen LogP contribution in [0.4, 0.5) is 0 Å². The zero-order valence-corrected chi connectivity index (χ0v) is 11.7. The van der Waals surface area contributed by atoms with E-state index >= 15 is 0 Å². The van der Waals surface area contributed by atoms with Gasteiger partial charge in [-0.25, -0.2) is 0 Å². The van der Waals surface area contributed by atoms with Gasteiger partial charge < -0.3 is 10.4 Å². The van der Waals surface area contributed by atoms with Crippen LogP contribution in [0.25, 0.3) is 0 Å². The van der Waals surface area contributed by atoms with E-state index in [0.29, 0.717) is 19.3 Å². The molecule has 2 N–H and O–H groups in total. The minimum absolute atomic E-state index is 0.0649. The Bertz CT molecular complexity index is 445. The second-order valence-electron chi connectivity index (χ2n) is 5.00. The third kappa shape index (κ3) is 4.73. The fourth-order valence-electron chi connectivity index (χ4n) is 2.42. The van der Waals surface area contributed by atoms with Gasteiger partial charge in [0.05, 0.1) is 0 Å². The SMILES string of the molecule is Cc1cc(C)c(CC(CCC(=O)O)NC=O)c(C)c1. The minimum atomic E-state index is -0.838. The van der Waals surface area contributed by atoms with Crippen LogP contribution < -0.4 is 5.32 Å². The van der Waals surface area contributed by atoms with Gasteiger partial charge in [0.1, 0.15) is 0 Å². The number of carbonyl (C=O) groups is 2. The molecule has 0 spiro atoms. The van der Waals surface area contributed by atoms with E-state index in [-0.39, 0.29) is 12.5 Å². The molecule has 1 unspecified atom stereocenters. The van der Waals surface area contributed by atoms with E-state index < -0.39 is 5.97 Å². The third-order valence-corrected chi connectivity index (χ3v) is 3.30. The highest BCUT2D eigenvalue weighted by molar-refractivity contribution is 5.66. The van der Waals surface area contributed by atoms with Gasteiger partial charge in [-0.1, -0.05) is 17.7 Å². The highest BCUT2D eigenvalue weighted by Crippen LogP contribution is 2.19. The summed E-state index contributed by atoms with van der Waals surface area (Å²) in [5, 5.41) is 11.4. The van der Waals surface area contributed by atoms with Gasteiger partial charge >= 0.3 is 5.97 Å². The number of aryl methyl sites for hydroxylation is 3. The van der Waals surface area contributed by atoms with Crippen molar-refractivity contribution in [1.82, 2.24) is 5.32 Å². The Labute approximate surface area is 113 Å². The maximum atomic E-state index is 10.6. The van der Waals surface area contributed by atoms with E-state index in [0.717, 1.165) is 0 Å². The fourth-order valence-corrected chi connectivity index (χ4v) is 2.42. The quantitative estimate of drug-likeness (QED) is 0.741. The number of amides is 1. The van der Waals surface area contributed by atoms with Gasteiger partial charge in [-0.2, -0.15) is 0 Å². The van der Waals surface area contributed by atoms with Crippen molar-refractivity contribution in [3.8, 4) is 0 Å². The normalized spacial score (nSPS) is 11.9. The Morgan fingerprint density at radius 2 is 1.89 bits per heavy atom. The summed E-state index contributed by atoms with van der Waals surface area (Å²) in [7, 11) is 0. The fraction of sp³-hybridized carbons (Fsp3) is 0.467. The molecule has 0 saturated carbocycles. The van der Waals surface area contributed by atoms with Crippen LogP contribution in [0.5, 0.6) is 0 Å². The lowest BCUT2D eigenvalue weighted by atomic mass is 9.93. The molecule has 0 heterocycles. The third-order valence-electron chi connectivity index (χ3n) is 3.30. The van der Waals surface area contributed by atoms with Crippen molar-refractivity contribution in [2.45, 2.75) is 46.1 Å². The number of hydrogen-bond donors (Lipinski definition) is 2. The number of aliphatic carboxylic acids is 1. The molecule has 4 heteroatoms. The average molecular weight is 263 g/mol. The van der Waals surface area contributed by atoms with E-state index in [4.69, 9.17) is 5.11 Å².